The average Bonchev–Trinajstić information content (AvgIpc) is 2.89. The lowest BCUT2D eigenvalue weighted by atomic mass is 10.1. The molecule has 0 atom stereocenters. The summed E-state index contributed by atoms with van der Waals surface area (Å²) in [5.41, 5.74) is 5.97. The summed E-state index contributed by atoms with van der Waals surface area (Å²) in [5.74, 6) is -0.956. The van der Waals surface area contributed by atoms with Gasteiger partial charge in [-0.1, -0.05) is 17.7 Å². The molecule has 0 aliphatic rings. The summed E-state index contributed by atoms with van der Waals surface area (Å²) in [7, 11) is 0. The predicted molar refractivity (Wildman–Crippen MR) is 106 cm³/mol. The van der Waals surface area contributed by atoms with Crippen LogP contribution in [0, 0.1) is 20.8 Å². The van der Waals surface area contributed by atoms with Gasteiger partial charge in [0.2, 0.25) is 0 Å². The zero-order valence-corrected chi connectivity index (χ0v) is 15.6. The van der Waals surface area contributed by atoms with Crippen LogP contribution in [0.2, 0.25) is 5.02 Å². The van der Waals surface area contributed by atoms with Crippen molar-refractivity contribution in [3.63, 3.8) is 0 Å². The highest BCUT2D eigenvalue weighted by Crippen LogP contribution is 2.24. The highest BCUT2D eigenvalue weighted by Gasteiger charge is 2.10. The van der Waals surface area contributed by atoms with Gasteiger partial charge in [-0.05, 0) is 68.8 Å². The van der Waals surface area contributed by atoms with Crippen LogP contribution in [0.4, 0.5) is 5.69 Å². The molecular formula is C21H19ClN2O2. The Hall–Kier alpha value is -2.85. The fourth-order valence-corrected chi connectivity index (χ4v) is 3.05. The maximum absolute atomic E-state index is 11.2. The number of carboxylic acids is 1. The van der Waals surface area contributed by atoms with Crippen molar-refractivity contribution in [1.29, 1.82) is 0 Å². The normalized spacial score (nSPS) is 11.2. The molecule has 0 saturated heterocycles. The summed E-state index contributed by atoms with van der Waals surface area (Å²) >= 11 is 5.98. The summed E-state index contributed by atoms with van der Waals surface area (Å²) in [6.07, 6.45) is 1.78. The molecule has 1 N–H and O–H groups in total. The standard InChI is InChI=1S/C21H19ClN2O2/c1-13-4-5-16(21(25)26)11-20(13)23-12-17-10-14(2)24(15(17)3)19-8-6-18(22)7-9-19/h4-12H,1-3H3,(H,25,26). The highest BCUT2D eigenvalue weighted by atomic mass is 35.5. The third-order valence-corrected chi connectivity index (χ3v) is 4.61. The SMILES string of the molecule is Cc1ccc(C(=O)O)cc1N=Cc1cc(C)n(-c2ccc(Cl)cc2)c1C. The Morgan fingerprint density at radius 2 is 1.77 bits per heavy atom. The number of hydrogen-bond acceptors (Lipinski definition) is 2. The molecule has 1 aromatic heterocycles. The van der Waals surface area contributed by atoms with Crippen LogP contribution in [0.25, 0.3) is 5.69 Å². The van der Waals surface area contributed by atoms with Crippen molar-refractivity contribution in [3.05, 3.63) is 81.6 Å². The molecule has 26 heavy (non-hydrogen) atoms. The second kappa shape index (κ2) is 7.18. The van der Waals surface area contributed by atoms with Gasteiger partial charge in [-0.3, -0.25) is 4.99 Å². The molecule has 0 spiro atoms. The van der Waals surface area contributed by atoms with Crippen LogP contribution < -0.4 is 0 Å². The van der Waals surface area contributed by atoms with Crippen molar-refractivity contribution in [3.8, 4) is 5.69 Å². The third kappa shape index (κ3) is 3.55. The van der Waals surface area contributed by atoms with Gasteiger partial charge < -0.3 is 9.67 Å². The van der Waals surface area contributed by atoms with E-state index in [0.717, 1.165) is 28.2 Å². The van der Waals surface area contributed by atoms with Crippen LogP contribution in [-0.4, -0.2) is 21.9 Å². The van der Waals surface area contributed by atoms with E-state index in [9.17, 15) is 4.79 Å². The zero-order valence-electron chi connectivity index (χ0n) is 14.8. The molecule has 0 bridgehead atoms. The summed E-state index contributed by atoms with van der Waals surface area (Å²) in [4.78, 5) is 15.7. The minimum absolute atomic E-state index is 0.231. The average molecular weight is 367 g/mol. The fraction of sp³-hybridized carbons (Fsp3) is 0.143. The number of rotatable bonds is 4. The van der Waals surface area contributed by atoms with Crippen LogP contribution in [-0.2, 0) is 0 Å². The number of aromatic nitrogens is 1. The third-order valence-electron chi connectivity index (χ3n) is 4.35. The molecule has 1 heterocycles. The summed E-state index contributed by atoms with van der Waals surface area (Å²) in [6.45, 7) is 5.98. The molecule has 0 radical (unpaired) electrons. The number of halogens is 1. The lowest BCUT2D eigenvalue weighted by Gasteiger charge is -2.09. The number of hydrogen-bond donors (Lipinski definition) is 1. The van der Waals surface area contributed by atoms with E-state index in [1.54, 1.807) is 24.4 Å². The van der Waals surface area contributed by atoms with Crippen LogP contribution in [0.1, 0.15) is 32.9 Å². The van der Waals surface area contributed by atoms with Gasteiger partial charge in [0.25, 0.3) is 0 Å². The van der Waals surface area contributed by atoms with Crippen LogP contribution >= 0.6 is 11.6 Å². The van der Waals surface area contributed by atoms with Crippen molar-refractivity contribution < 1.29 is 9.90 Å². The number of aromatic carboxylic acids is 1. The van der Waals surface area contributed by atoms with E-state index < -0.39 is 5.97 Å². The van der Waals surface area contributed by atoms with Crippen molar-refractivity contribution in [2.75, 3.05) is 0 Å². The molecule has 3 aromatic rings. The number of aliphatic imine (C=N–C) groups is 1. The number of nitrogens with zero attached hydrogens (tertiary/aromatic N) is 2. The van der Waals surface area contributed by atoms with Gasteiger partial charge in [0.1, 0.15) is 0 Å². The van der Waals surface area contributed by atoms with E-state index in [0.29, 0.717) is 10.7 Å². The van der Waals surface area contributed by atoms with Crippen molar-refractivity contribution in [2.24, 2.45) is 4.99 Å². The van der Waals surface area contributed by atoms with Crippen molar-refractivity contribution >= 4 is 29.5 Å². The summed E-state index contributed by atoms with van der Waals surface area (Å²) < 4.78 is 2.14. The molecule has 0 aliphatic heterocycles. The number of aryl methyl sites for hydroxylation is 2. The summed E-state index contributed by atoms with van der Waals surface area (Å²) in [6, 6.07) is 14.7. The molecule has 0 amide bonds. The predicted octanol–water partition coefficient (Wildman–Crippen LogP) is 5.50. The Labute approximate surface area is 157 Å². The maximum atomic E-state index is 11.2. The van der Waals surface area contributed by atoms with Crippen LogP contribution in [0.5, 0.6) is 0 Å². The molecule has 0 unspecified atom stereocenters. The van der Waals surface area contributed by atoms with Gasteiger partial charge in [0.15, 0.2) is 0 Å². The monoisotopic (exact) mass is 366 g/mol. The molecule has 0 fully saturated rings. The molecule has 132 valence electrons. The zero-order chi connectivity index (χ0) is 18.8. The highest BCUT2D eigenvalue weighted by molar-refractivity contribution is 6.30. The van der Waals surface area contributed by atoms with Crippen molar-refractivity contribution in [2.45, 2.75) is 20.8 Å². The Morgan fingerprint density at radius 3 is 2.42 bits per heavy atom. The minimum atomic E-state index is -0.956. The lowest BCUT2D eigenvalue weighted by molar-refractivity contribution is 0.0697. The molecule has 3 rings (SSSR count). The molecule has 4 nitrogen and oxygen atoms in total. The molecule has 5 heteroatoms. The minimum Gasteiger partial charge on any atom is -0.478 e. The maximum Gasteiger partial charge on any atom is 0.335 e. The van der Waals surface area contributed by atoms with E-state index in [1.807, 2.05) is 45.0 Å². The van der Waals surface area contributed by atoms with Gasteiger partial charge in [-0.15, -0.1) is 0 Å². The first kappa shape index (κ1) is 18.0. The van der Waals surface area contributed by atoms with E-state index in [1.165, 1.54) is 0 Å². The first-order chi connectivity index (χ1) is 12.4. The topological polar surface area (TPSA) is 54.6 Å². The van der Waals surface area contributed by atoms with Gasteiger partial charge in [0.05, 0.1) is 11.3 Å². The quantitative estimate of drug-likeness (QED) is 0.619. The molecule has 0 aliphatic carbocycles. The summed E-state index contributed by atoms with van der Waals surface area (Å²) in [5, 5.41) is 9.85. The van der Waals surface area contributed by atoms with Gasteiger partial charge in [-0.25, -0.2) is 4.79 Å². The molecular weight excluding hydrogens is 348 g/mol. The van der Waals surface area contributed by atoms with E-state index in [4.69, 9.17) is 16.7 Å². The molecule has 0 saturated carbocycles. The Morgan fingerprint density at radius 1 is 1.08 bits per heavy atom. The Kier molecular flexibility index (Phi) is 4.96. The Bertz CT molecular complexity index is 1000. The lowest BCUT2D eigenvalue weighted by Crippen LogP contribution is -1.99. The van der Waals surface area contributed by atoms with Crippen LogP contribution in [0.3, 0.4) is 0 Å². The second-order valence-corrected chi connectivity index (χ2v) is 6.64. The number of benzene rings is 2. The Balaban J connectivity index is 1.98. The number of carbonyl (C=O) groups is 1. The van der Waals surface area contributed by atoms with E-state index in [-0.39, 0.29) is 5.56 Å². The van der Waals surface area contributed by atoms with E-state index in [2.05, 4.69) is 15.6 Å². The second-order valence-electron chi connectivity index (χ2n) is 6.20. The van der Waals surface area contributed by atoms with Crippen molar-refractivity contribution in [1.82, 2.24) is 4.57 Å². The fourth-order valence-electron chi connectivity index (χ4n) is 2.93. The first-order valence-electron chi connectivity index (χ1n) is 8.19. The molecule has 2 aromatic carbocycles. The van der Waals surface area contributed by atoms with Crippen LogP contribution in [0.15, 0.2) is 53.5 Å². The number of carboxylic acid groups (broad SMARTS) is 1. The van der Waals surface area contributed by atoms with Gasteiger partial charge in [-0.2, -0.15) is 0 Å². The first-order valence-corrected chi connectivity index (χ1v) is 8.57. The van der Waals surface area contributed by atoms with E-state index >= 15 is 0 Å². The smallest absolute Gasteiger partial charge is 0.335 e. The van der Waals surface area contributed by atoms with Gasteiger partial charge >= 0.3 is 5.97 Å². The largest absolute Gasteiger partial charge is 0.478 e. The van der Waals surface area contributed by atoms with Gasteiger partial charge in [0, 0.05) is 33.9 Å².